The van der Waals surface area contributed by atoms with Crippen LogP contribution in [-0.4, -0.2) is 45.4 Å². The smallest absolute Gasteiger partial charge is 0.0542 e. The van der Waals surface area contributed by atoms with E-state index in [1.165, 1.54) is 33.3 Å². The normalized spacial score (nSPS) is 15.2. The van der Waals surface area contributed by atoms with Crippen LogP contribution in [-0.2, 0) is 20.1 Å². The number of benzene rings is 2. The molecule has 5 heteroatoms. The maximum absolute atomic E-state index is 4.38. The van der Waals surface area contributed by atoms with E-state index in [-0.39, 0.29) is 0 Å². The van der Waals surface area contributed by atoms with Gasteiger partial charge in [0.05, 0.1) is 12.7 Å². The van der Waals surface area contributed by atoms with Crippen molar-refractivity contribution in [3.05, 3.63) is 83.9 Å². The molecule has 1 aliphatic rings. The lowest BCUT2D eigenvalue weighted by Gasteiger charge is -2.36. The first-order valence-corrected chi connectivity index (χ1v) is 10.7. The monoisotopic (exact) mass is 399 g/mol. The van der Waals surface area contributed by atoms with E-state index in [1.54, 1.807) is 0 Å². The number of fused-ring (bicyclic) bond motifs is 1. The first-order valence-electron chi connectivity index (χ1n) is 10.7. The minimum atomic E-state index is 0.860. The average molecular weight is 400 g/mol. The summed E-state index contributed by atoms with van der Waals surface area (Å²) in [6.07, 6.45) is 6.54. The molecule has 2 aromatic heterocycles. The van der Waals surface area contributed by atoms with Crippen molar-refractivity contribution >= 4 is 16.5 Å². The van der Waals surface area contributed by atoms with Crippen molar-refractivity contribution in [2.45, 2.75) is 20.0 Å². The van der Waals surface area contributed by atoms with E-state index in [4.69, 9.17) is 0 Å². The molecule has 1 fully saturated rings. The fraction of sp³-hybridized carbons (Fsp3) is 0.320. The number of piperazine rings is 1. The molecule has 0 saturated carbocycles. The number of hydrogen-bond acceptors (Lipinski definition) is 3. The molecule has 0 N–H and O–H groups in total. The van der Waals surface area contributed by atoms with E-state index in [1.807, 2.05) is 17.9 Å². The van der Waals surface area contributed by atoms with Gasteiger partial charge in [0.1, 0.15) is 0 Å². The van der Waals surface area contributed by atoms with E-state index in [9.17, 15) is 0 Å². The second-order valence-corrected chi connectivity index (χ2v) is 8.34. The summed E-state index contributed by atoms with van der Waals surface area (Å²) in [7, 11) is 2.00. The van der Waals surface area contributed by atoms with E-state index < -0.39 is 0 Å². The molecule has 3 heterocycles. The molecule has 4 aromatic rings. The maximum Gasteiger partial charge on any atom is 0.0542 e. The second-order valence-electron chi connectivity index (χ2n) is 8.34. The third-order valence-electron chi connectivity index (χ3n) is 6.37. The van der Waals surface area contributed by atoms with E-state index in [2.05, 4.69) is 87.3 Å². The van der Waals surface area contributed by atoms with Crippen molar-refractivity contribution in [3.63, 3.8) is 0 Å². The molecule has 0 atom stereocenters. The van der Waals surface area contributed by atoms with Gasteiger partial charge in [-0.2, -0.15) is 5.10 Å². The molecule has 2 aromatic carbocycles. The highest BCUT2D eigenvalue weighted by Crippen LogP contribution is 2.29. The van der Waals surface area contributed by atoms with Gasteiger partial charge >= 0.3 is 0 Å². The fourth-order valence-corrected chi connectivity index (χ4v) is 4.46. The molecular formula is C25H29N5. The minimum absolute atomic E-state index is 0.860. The Balaban J connectivity index is 1.31. The van der Waals surface area contributed by atoms with Gasteiger partial charge in [0.15, 0.2) is 0 Å². The zero-order valence-electron chi connectivity index (χ0n) is 17.8. The molecule has 0 aliphatic carbocycles. The largest absolute Gasteiger partial charge is 0.368 e. The van der Waals surface area contributed by atoms with Crippen LogP contribution in [0.1, 0.15) is 16.8 Å². The van der Waals surface area contributed by atoms with Crippen molar-refractivity contribution in [1.29, 1.82) is 0 Å². The topological polar surface area (TPSA) is 29.2 Å². The Kier molecular flexibility index (Phi) is 5.05. The Bertz CT molecular complexity index is 1130. The van der Waals surface area contributed by atoms with Gasteiger partial charge in [-0.3, -0.25) is 9.58 Å². The highest BCUT2D eigenvalue weighted by atomic mass is 15.3. The lowest BCUT2D eigenvalue weighted by Crippen LogP contribution is -2.46. The summed E-state index contributed by atoms with van der Waals surface area (Å²) in [6, 6.07) is 17.5. The van der Waals surface area contributed by atoms with Crippen LogP contribution in [0.15, 0.2) is 67.1 Å². The Morgan fingerprint density at radius 3 is 2.40 bits per heavy atom. The molecule has 0 spiro atoms. The first-order chi connectivity index (χ1) is 14.7. The van der Waals surface area contributed by atoms with Gasteiger partial charge in [-0.05, 0) is 18.6 Å². The summed E-state index contributed by atoms with van der Waals surface area (Å²) in [5.41, 5.74) is 5.25. The number of aryl methyl sites for hydroxylation is 1. The highest BCUT2D eigenvalue weighted by Gasteiger charge is 2.19. The van der Waals surface area contributed by atoms with Crippen LogP contribution in [0.4, 0.5) is 5.69 Å². The molecule has 0 bridgehead atoms. The number of aromatic nitrogens is 3. The third kappa shape index (κ3) is 3.73. The summed E-state index contributed by atoms with van der Waals surface area (Å²) in [5, 5.41) is 7.03. The number of rotatable bonds is 5. The summed E-state index contributed by atoms with van der Waals surface area (Å²) < 4.78 is 4.24. The van der Waals surface area contributed by atoms with Crippen LogP contribution in [0.2, 0.25) is 0 Å². The van der Waals surface area contributed by atoms with Crippen LogP contribution < -0.4 is 4.90 Å². The third-order valence-corrected chi connectivity index (χ3v) is 6.37. The predicted octanol–water partition coefficient (Wildman–Crippen LogP) is 4.05. The van der Waals surface area contributed by atoms with Crippen molar-refractivity contribution in [1.82, 2.24) is 19.2 Å². The van der Waals surface area contributed by atoms with Crippen molar-refractivity contribution in [3.8, 4) is 0 Å². The molecule has 0 unspecified atom stereocenters. The fourth-order valence-electron chi connectivity index (χ4n) is 4.46. The molecule has 0 radical (unpaired) electrons. The van der Waals surface area contributed by atoms with Crippen molar-refractivity contribution < 1.29 is 0 Å². The molecule has 1 saturated heterocycles. The van der Waals surface area contributed by atoms with E-state index in [0.29, 0.717) is 0 Å². The van der Waals surface area contributed by atoms with Gasteiger partial charge in [-0.15, -0.1) is 0 Å². The van der Waals surface area contributed by atoms with Gasteiger partial charge < -0.3 is 9.47 Å². The standard InChI is InChI=1S/C25H29N5/c1-20-23(15-26-27(20)2)18-29-17-22-9-6-10-25(24(22)19-29)30-13-11-28(12-14-30)16-21-7-4-3-5-8-21/h3-10,15,17,19H,11-14,16,18H2,1-2H3. The predicted molar refractivity (Wildman–Crippen MR) is 123 cm³/mol. The minimum Gasteiger partial charge on any atom is -0.368 e. The summed E-state index contributed by atoms with van der Waals surface area (Å²) in [4.78, 5) is 5.10. The van der Waals surface area contributed by atoms with Gasteiger partial charge in [0.2, 0.25) is 0 Å². The second kappa shape index (κ2) is 8.00. The number of anilines is 1. The Labute approximate surface area is 178 Å². The SMILES string of the molecule is Cc1c(Cn2cc3cccc(N4CCN(Cc5ccccc5)CC4)c3c2)cnn1C. The van der Waals surface area contributed by atoms with Crippen LogP contribution in [0, 0.1) is 6.92 Å². The average Bonchev–Trinajstić information content (AvgIpc) is 3.33. The van der Waals surface area contributed by atoms with Crippen molar-refractivity contribution in [2.75, 3.05) is 31.1 Å². The van der Waals surface area contributed by atoms with E-state index in [0.717, 1.165) is 39.3 Å². The molecule has 5 nitrogen and oxygen atoms in total. The van der Waals surface area contributed by atoms with Crippen LogP contribution in [0.25, 0.3) is 10.8 Å². The number of nitrogens with zero attached hydrogens (tertiary/aromatic N) is 5. The lowest BCUT2D eigenvalue weighted by atomic mass is 10.1. The first kappa shape index (κ1) is 18.9. The molecule has 30 heavy (non-hydrogen) atoms. The van der Waals surface area contributed by atoms with Crippen LogP contribution in [0.5, 0.6) is 0 Å². The molecule has 154 valence electrons. The highest BCUT2D eigenvalue weighted by molar-refractivity contribution is 5.94. The summed E-state index contributed by atoms with van der Waals surface area (Å²) in [5.74, 6) is 0. The Morgan fingerprint density at radius 2 is 1.67 bits per heavy atom. The molecule has 5 rings (SSSR count). The molecular weight excluding hydrogens is 370 g/mol. The summed E-state index contributed by atoms with van der Waals surface area (Å²) >= 11 is 0. The zero-order chi connectivity index (χ0) is 20.5. The summed E-state index contributed by atoms with van der Waals surface area (Å²) in [6.45, 7) is 8.36. The quantitative estimate of drug-likeness (QED) is 0.507. The van der Waals surface area contributed by atoms with Crippen molar-refractivity contribution in [2.24, 2.45) is 7.05 Å². The van der Waals surface area contributed by atoms with Crippen LogP contribution >= 0.6 is 0 Å². The molecule has 0 amide bonds. The Morgan fingerprint density at radius 1 is 0.867 bits per heavy atom. The lowest BCUT2D eigenvalue weighted by molar-refractivity contribution is 0.250. The Hall–Kier alpha value is -3.05. The van der Waals surface area contributed by atoms with Gasteiger partial charge in [0.25, 0.3) is 0 Å². The van der Waals surface area contributed by atoms with E-state index >= 15 is 0 Å². The molecule has 1 aliphatic heterocycles. The zero-order valence-corrected chi connectivity index (χ0v) is 17.8. The van der Waals surface area contributed by atoms with Crippen LogP contribution in [0.3, 0.4) is 0 Å². The van der Waals surface area contributed by atoms with Gasteiger partial charge in [0, 0.05) is 79.9 Å². The maximum atomic E-state index is 4.38. The number of hydrogen-bond donors (Lipinski definition) is 0. The van der Waals surface area contributed by atoms with Gasteiger partial charge in [-0.25, -0.2) is 0 Å². The van der Waals surface area contributed by atoms with Gasteiger partial charge in [-0.1, -0.05) is 42.5 Å².